The van der Waals surface area contributed by atoms with Crippen molar-refractivity contribution in [3.05, 3.63) is 58.7 Å². The quantitative estimate of drug-likeness (QED) is 0.319. The molecule has 8 nitrogen and oxygen atoms in total. The second kappa shape index (κ2) is 13.7. The molecule has 2 aliphatic rings. The van der Waals surface area contributed by atoms with Crippen molar-refractivity contribution in [2.45, 2.75) is 52.4 Å². The molecule has 0 spiro atoms. The maximum atomic E-state index is 12.8. The molecule has 0 N–H and O–H groups in total. The Bertz CT molecular complexity index is 1170. The van der Waals surface area contributed by atoms with Crippen molar-refractivity contribution in [3.63, 3.8) is 0 Å². The van der Waals surface area contributed by atoms with E-state index in [4.69, 9.17) is 18.9 Å². The smallest absolute Gasteiger partial charge is 0.316 e. The molecule has 0 aliphatic heterocycles. The van der Waals surface area contributed by atoms with Crippen molar-refractivity contribution in [1.29, 1.82) is 0 Å². The average Bonchev–Trinajstić information content (AvgIpc) is 3.20. The Morgan fingerprint density at radius 3 is 1.68 bits per heavy atom. The fourth-order valence-corrected chi connectivity index (χ4v) is 4.77. The third kappa shape index (κ3) is 7.21. The van der Waals surface area contributed by atoms with Crippen LogP contribution in [0.2, 0.25) is 0 Å². The lowest BCUT2D eigenvalue weighted by Crippen LogP contribution is -2.36. The standard InChI is InChI=1S/C18H22O6.C12H14O2/c1-4-23-17(20)14-9-11-6-7-13(22-3)8-12(11)10-15(16(14)19)18(21)24-5-2;1-14-12-7-4-9-2-5-11(13)6-3-10(9)8-12/h6-8,14-15H,4-5,9-10H2,1-3H3;4,7-8H,2-3,5-6H2,1H3. The summed E-state index contributed by atoms with van der Waals surface area (Å²) in [5, 5.41) is 0. The molecule has 0 fully saturated rings. The van der Waals surface area contributed by atoms with Gasteiger partial charge >= 0.3 is 11.9 Å². The summed E-state index contributed by atoms with van der Waals surface area (Å²) < 4.78 is 20.4. The second-order valence-corrected chi connectivity index (χ2v) is 9.23. The van der Waals surface area contributed by atoms with E-state index in [9.17, 15) is 19.2 Å². The van der Waals surface area contributed by atoms with Crippen LogP contribution in [0.15, 0.2) is 36.4 Å². The Morgan fingerprint density at radius 1 is 0.684 bits per heavy atom. The van der Waals surface area contributed by atoms with Crippen molar-refractivity contribution >= 4 is 23.5 Å². The van der Waals surface area contributed by atoms with Gasteiger partial charge in [0, 0.05) is 12.8 Å². The number of aryl methyl sites for hydroxylation is 2. The average molecular weight is 525 g/mol. The van der Waals surface area contributed by atoms with Crippen LogP contribution in [0.4, 0.5) is 0 Å². The molecule has 8 heteroatoms. The van der Waals surface area contributed by atoms with Crippen LogP contribution < -0.4 is 9.47 Å². The number of esters is 2. The van der Waals surface area contributed by atoms with Crippen LogP contribution in [0.1, 0.15) is 48.9 Å². The summed E-state index contributed by atoms with van der Waals surface area (Å²) in [5.41, 5.74) is 4.23. The normalized spacial score (nSPS) is 18.4. The van der Waals surface area contributed by atoms with E-state index >= 15 is 0 Å². The summed E-state index contributed by atoms with van der Waals surface area (Å²) in [5.74, 6) is -1.74. The lowest BCUT2D eigenvalue weighted by atomic mass is 9.90. The molecule has 0 saturated heterocycles. The van der Waals surface area contributed by atoms with Gasteiger partial charge in [-0.05, 0) is 86.1 Å². The minimum absolute atomic E-state index is 0.178. The van der Waals surface area contributed by atoms with Gasteiger partial charge in [0.05, 0.1) is 27.4 Å². The minimum Gasteiger partial charge on any atom is -0.497 e. The zero-order chi connectivity index (χ0) is 27.7. The van der Waals surface area contributed by atoms with Crippen molar-refractivity contribution in [1.82, 2.24) is 0 Å². The number of Topliss-reactive ketones (excluding diaryl/α,β-unsaturated/α-hetero) is 2. The molecule has 2 atom stereocenters. The molecule has 2 aromatic carbocycles. The highest BCUT2D eigenvalue weighted by atomic mass is 16.5. The van der Waals surface area contributed by atoms with Crippen molar-refractivity contribution in [2.24, 2.45) is 11.8 Å². The lowest BCUT2D eigenvalue weighted by molar-refractivity contribution is -0.157. The number of carbonyl (C=O) groups is 4. The molecular formula is C30H36O8. The molecular weight excluding hydrogens is 488 g/mol. The molecule has 0 saturated carbocycles. The molecule has 0 amide bonds. The maximum Gasteiger partial charge on any atom is 0.316 e. The fraction of sp³-hybridized carbons (Fsp3) is 0.467. The molecule has 2 aliphatic carbocycles. The first-order valence-electron chi connectivity index (χ1n) is 13.0. The first kappa shape index (κ1) is 28.9. The third-order valence-electron chi connectivity index (χ3n) is 6.85. The topological polar surface area (TPSA) is 105 Å². The Balaban J connectivity index is 0.000000241. The predicted molar refractivity (Wildman–Crippen MR) is 140 cm³/mol. The largest absolute Gasteiger partial charge is 0.497 e. The fourth-order valence-electron chi connectivity index (χ4n) is 4.77. The zero-order valence-corrected chi connectivity index (χ0v) is 22.5. The Labute approximate surface area is 223 Å². The second-order valence-electron chi connectivity index (χ2n) is 9.23. The third-order valence-corrected chi connectivity index (χ3v) is 6.85. The molecule has 0 bridgehead atoms. The summed E-state index contributed by atoms with van der Waals surface area (Å²) in [6, 6.07) is 11.5. The van der Waals surface area contributed by atoms with Gasteiger partial charge in [0.15, 0.2) is 5.78 Å². The van der Waals surface area contributed by atoms with Crippen LogP contribution in [0.3, 0.4) is 0 Å². The SMILES string of the molecule is CCOC(=O)C1Cc2ccc(OC)cc2CC(C(=O)OCC)C1=O.COc1ccc2c(c1)CCC(=O)CC2. The molecule has 2 aromatic rings. The Morgan fingerprint density at radius 2 is 1.16 bits per heavy atom. The summed E-state index contributed by atoms with van der Waals surface area (Å²) in [4.78, 5) is 48.5. The van der Waals surface area contributed by atoms with E-state index in [0.717, 1.165) is 29.7 Å². The van der Waals surface area contributed by atoms with E-state index in [-0.39, 0.29) is 26.1 Å². The number of ketones is 2. The van der Waals surface area contributed by atoms with Gasteiger partial charge in [-0.1, -0.05) is 12.1 Å². The van der Waals surface area contributed by atoms with Crippen LogP contribution in [0.5, 0.6) is 11.5 Å². The van der Waals surface area contributed by atoms with Gasteiger partial charge in [-0.25, -0.2) is 0 Å². The van der Waals surface area contributed by atoms with Gasteiger partial charge in [-0.2, -0.15) is 0 Å². The first-order valence-corrected chi connectivity index (χ1v) is 13.0. The highest BCUT2D eigenvalue weighted by Gasteiger charge is 2.41. The number of benzene rings is 2. The van der Waals surface area contributed by atoms with E-state index in [1.807, 2.05) is 18.2 Å². The number of hydrogen-bond donors (Lipinski definition) is 0. The first-order chi connectivity index (χ1) is 18.3. The zero-order valence-electron chi connectivity index (χ0n) is 22.5. The van der Waals surface area contributed by atoms with Crippen LogP contribution in [-0.4, -0.2) is 50.9 Å². The molecule has 204 valence electrons. The summed E-state index contributed by atoms with van der Waals surface area (Å²) in [6.07, 6.45) is 3.54. The predicted octanol–water partition coefficient (Wildman–Crippen LogP) is 3.86. The summed E-state index contributed by atoms with van der Waals surface area (Å²) in [7, 11) is 3.22. The Hall–Kier alpha value is -3.68. The summed E-state index contributed by atoms with van der Waals surface area (Å²) >= 11 is 0. The van der Waals surface area contributed by atoms with E-state index in [1.54, 1.807) is 40.2 Å². The molecule has 0 aromatic heterocycles. The van der Waals surface area contributed by atoms with Gasteiger partial charge in [-0.15, -0.1) is 0 Å². The van der Waals surface area contributed by atoms with Gasteiger partial charge in [0.1, 0.15) is 29.1 Å². The van der Waals surface area contributed by atoms with Crippen molar-refractivity contribution < 1.29 is 38.1 Å². The Kier molecular flexibility index (Phi) is 10.4. The van der Waals surface area contributed by atoms with Gasteiger partial charge in [0.2, 0.25) is 0 Å². The molecule has 2 unspecified atom stereocenters. The van der Waals surface area contributed by atoms with E-state index in [1.165, 1.54) is 11.1 Å². The highest BCUT2D eigenvalue weighted by Crippen LogP contribution is 2.30. The molecule has 0 radical (unpaired) electrons. The maximum absolute atomic E-state index is 12.8. The van der Waals surface area contributed by atoms with Crippen LogP contribution in [0.25, 0.3) is 0 Å². The summed E-state index contributed by atoms with van der Waals surface area (Å²) in [6.45, 7) is 3.72. The number of fused-ring (bicyclic) bond motifs is 2. The number of ether oxygens (including phenoxy) is 4. The van der Waals surface area contributed by atoms with E-state index in [2.05, 4.69) is 6.07 Å². The van der Waals surface area contributed by atoms with Gasteiger partial charge in [0.25, 0.3) is 0 Å². The van der Waals surface area contributed by atoms with Crippen LogP contribution >= 0.6 is 0 Å². The van der Waals surface area contributed by atoms with Crippen molar-refractivity contribution in [2.75, 3.05) is 27.4 Å². The van der Waals surface area contributed by atoms with Crippen LogP contribution in [0, 0.1) is 11.8 Å². The van der Waals surface area contributed by atoms with Crippen LogP contribution in [-0.2, 0) is 54.3 Å². The van der Waals surface area contributed by atoms with E-state index in [0.29, 0.717) is 24.4 Å². The number of carbonyl (C=O) groups excluding carboxylic acids is 4. The number of methoxy groups -OCH3 is 2. The molecule has 38 heavy (non-hydrogen) atoms. The van der Waals surface area contributed by atoms with Gasteiger partial charge in [-0.3, -0.25) is 19.2 Å². The number of rotatable bonds is 6. The monoisotopic (exact) mass is 524 g/mol. The van der Waals surface area contributed by atoms with E-state index < -0.39 is 29.6 Å². The highest BCUT2D eigenvalue weighted by molar-refractivity contribution is 6.09. The molecule has 4 rings (SSSR count). The van der Waals surface area contributed by atoms with Crippen molar-refractivity contribution in [3.8, 4) is 11.5 Å². The molecule has 0 heterocycles. The minimum atomic E-state index is -1.01. The lowest BCUT2D eigenvalue weighted by Gasteiger charge is -2.16. The van der Waals surface area contributed by atoms with Gasteiger partial charge < -0.3 is 18.9 Å². The number of hydrogen-bond acceptors (Lipinski definition) is 8.